The standard InChI is InChI=1S/C17H16ClN3O6/c1-17(25-6-7-26-17)9-16(22)20-19-10-12-3-5-15(27-12)11-2-4-13(18)14(8-11)21(23)24/h2-5,8,10H,6-7,9H2,1H3,(H,20,22)/b19-10+. The lowest BCUT2D eigenvalue weighted by molar-refractivity contribution is -0.384. The molecule has 1 saturated heterocycles. The van der Waals surface area contributed by atoms with Crippen molar-refractivity contribution in [1.29, 1.82) is 0 Å². The maximum Gasteiger partial charge on any atom is 0.288 e. The number of nitro benzene ring substituents is 1. The first-order valence-corrected chi connectivity index (χ1v) is 8.38. The van der Waals surface area contributed by atoms with Crippen molar-refractivity contribution >= 4 is 29.4 Å². The van der Waals surface area contributed by atoms with Crippen LogP contribution in [0.5, 0.6) is 0 Å². The van der Waals surface area contributed by atoms with E-state index in [1.54, 1.807) is 25.1 Å². The average molecular weight is 394 g/mol. The Kier molecular flexibility index (Phi) is 5.54. The van der Waals surface area contributed by atoms with Crippen LogP contribution in [0.4, 0.5) is 5.69 Å². The van der Waals surface area contributed by atoms with Crippen LogP contribution in [0.1, 0.15) is 19.1 Å². The molecule has 1 aliphatic rings. The third kappa shape index (κ3) is 4.70. The van der Waals surface area contributed by atoms with Gasteiger partial charge in [-0.05, 0) is 31.2 Å². The van der Waals surface area contributed by atoms with E-state index in [2.05, 4.69) is 10.5 Å². The van der Waals surface area contributed by atoms with Crippen LogP contribution in [0.25, 0.3) is 11.3 Å². The van der Waals surface area contributed by atoms with E-state index in [0.717, 1.165) is 0 Å². The monoisotopic (exact) mass is 393 g/mol. The molecular formula is C17H16ClN3O6. The number of nitro groups is 1. The fourth-order valence-electron chi connectivity index (χ4n) is 2.54. The Labute approximate surface area is 159 Å². The summed E-state index contributed by atoms with van der Waals surface area (Å²) in [6.07, 6.45) is 1.34. The van der Waals surface area contributed by atoms with E-state index in [9.17, 15) is 14.9 Å². The minimum absolute atomic E-state index is 0.0161. The largest absolute Gasteiger partial charge is 0.455 e. The molecule has 0 aliphatic carbocycles. The molecule has 27 heavy (non-hydrogen) atoms. The van der Waals surface area contributed by atoms with Crippen molar-refractivity contribution in [3.05, 3.63) is 51.2 Å². The number of nitrogens with one attached hydrogen (secondary N) is 1. The van der Waals surface area contributed by atoms with Crippen molar-refractivity contribution in [3.8, 4) is 11.3 Å². The van der Waals surface area contributed by atoms with Gasteiger partial charge >= 0.3 is 0 Å². The number of furan rings is 1. The van der Waals surface area contributed by atoms with Crippen molar-refractivity contribution < 1.29 is 23.6 Å². The van der Waals surface area contributed by atoms with Crippen LogP contribution in [-0.2, 0) is 14.3 Å². The first-order chi connectivity index (χ1) is 12.9. The van der Waals surface area contributed by atoms with E-state index < -0.39 is 10.7 Å². The quantitative estimate of drug-likeness (QED) is 0.458. The van der Waals surface area contributed by atoms with Gasteiger partial charge in [0, 0.05) is 11.6 Å². The molecule has 1 amide bonds. The van der Waals surface area contributed by atoms with Gasteiger partial charge in [-0.25, -0.2) is 5.43 Å². The Morgan fingerprint density at radius 2 is 2.11 bits per heavy atom. The molecule has 3 rings (SSSR count). The average Bonchev–Trinajstić information content (AvgIpc) is 3.24. The van der Waals surface area contributed by atoms with Crippen LogP contribution in [0.2, 0.25) is 5.02 Å². The van der Waals surface area contributed by atoms with Gasteiger partial charge in [-0.1, -0.05) is 11.6 Å². The first-order valence-electron chi connectivity index (χ1n) is 8.00. The van der Waals surface area contributed by atoms with Crippen LogP contribution < -0.4 is 5.43 Å². The number of amides is 1. The highest BCUT2D eigenvalue weighted by molar-refractivity contribution is 6.32. The van der Waals surface area contributed by atoms with Crippen LogP contribution in [0.3, 0.4) is 0 Å². The number of rotatable bonds is 6. The third-order valence-corrected chi connectivity index (χ3v) is 4.13. The van der Waals surface area contributed by atoms with Gasteiger partial charge in [-0.15, -0.1) is 0 Å². The van der Waals surface area contributed by atoms with Crippen molar-refractivity contribution in [1.82, 2.24) is 5.43 Å². The van der Waals surface area contributed by atoms with Gasteiger partial charge in [-0.2, -0.15) is 5.10 Å². The van der Waals surface area contributed by atoms with Crippen LogP contribution in [-0.4, -0.2) is 36.0 Å². The zero-order chi connectivity index (χ0) is 19.4. The number of hydrogen-bond donors (Lipinski definition) is 1. The summed E-state index contributed by atoms with van der Waals surface area (Å²) in [5.74, 6) is -0.526. The second-order valence-electron chi connectivity index (χ2n) is 5.93. The smallest absolute Gasteiger partial charge is 0.288 e. The Hall–Kier alpha value is -2.75. The Bertz CT molecular complexity index is 889. The fraction of sp³-hybridized carbons (Fsp3) is 0.294. The number of nitrogens with zero attached hydrogens (tertiary/aromatic N) is 2. The van der Waals surface area contributed by atoms with Crippen molar-refractivity contribution in [2.24, 2.45) is 5.10 Å². The molecule has 0 saturated carbocycles. The SMILES string of the molecule is CC1(CC(=O)N/N=C/c2ccc(-c3ccc(Cl)c([N+](=O)[O-])c3)o2)OCCO1. The molecule has 1 N–H and O–H groups in total. The van der Waals surface area contributed by atoms with Gasteiger partial charge in [0.05, 0.1) is 30.8 Å². The van der Waals surface area contributed by atoms with Gasteiger partial charge in [0.1, 0.15) is 16.5 Å². The van der Waals surface area contributed by atoms with Crippen LogP contribution >= 0.6 is 11.6 Å². The van der Waals surface area contributed by atoms with Crippen LogP contribution in [0.15, 0.2) is 39.9 Å². The highest BCUT2D eigenvalue weighted by Gasteiger charge is 2.33. The number of carbonyl (C=O) groups is 1. The summed E-state index contributed by atoms with van der Waals surface area (Å²) in [6, 6.07) is 7.62. The minimum atomic E-state index is -0.930. The summed E-state index contributed by atoms with van der Waals surface area (Å²) in [5, 5.41) is 14.8. The zero-order valence-electron chi connectivity index (χ0n) is 14.3. The highest BCUT2D eigenvalue weighted by Crippen LogP contribution is 2.31. The molecule has 2 heterocycles. The lowest BCUT2D eigenvalue weighted by Gasteiger charge is -2.20. The van der Waals surface area contributed by atoms with E-state index in [4.69, 9.17) is 25.5 Å². The summed E-state index contributed by atoms with van der Waals surface area (Å²) in [6.45, 7) is 2.59. The van der Waals surface area contributed by atoms with E-state index in [0.29, 0.717) is 30.3 Å². The van der Waals surface area contributed by atoms with Crippen molar-refractivity contribution in [2.45, 2.75) is 19.1 Å². The molecule has 1 aromatic heterocycles. The number of carbonyl (C=O) groups excluding carboxylic acids is 1. The minimum Gasteiger partial charge on any atom is -0.455 e. The lowest BCUT2D eigenvalue weighted by Crippen LogP contribution is -2.33. The summed E-state index contributed by atoms with van der Waals surface area (Å²) in [7, 11) is 0. The number of hydrazone groups is 1. The molecule has 0 bridgehead atoms. The Morgan fingerprint density at radius 3 is 2.81 bits per heavy atom. The summed E-state index contributed by atoms with van der Waals surface area (Å²) in [4.78, 5) is 22.3. The molecule has 2 aromatic rings. The predicted molar refractivity (Wildman–Crippen MR) is 96.5 cm³/mol. The highest BCUT2D eigenvalue weighted by atomic mass is 35.5. The molecule has 1 aromatic carbocycles. The van der Waals surface area contributed by atoms with Gasteiger partial charge in [-0.3, -0.25) is 14.9 Å². The van der Waals surface area contributed by atoms with Gasteiger partial charge in [0.2, 0.25) is 5.91 Å². The normalized spacial score (nSPS) is 15.9. The maximum absolute atomic E-state index is 11.9. The second kappa shape index (κ2) is 7.87. The lowest BCUT2D eigenvalue weighted by atomic mass is 10.1. The molecular weight excluding hydrogens is 378 g/mol. The molecule has 0 unspecified atom stereocenters. The topological polar surface area (TPSA) is 116 Å². The Morgan fingerprint density at radius 1 is 1.37 bits per heavy atom. The Balaban J connectivity index is 1.62. The predicted octanol–water partition coefficient (Wildman–Crippen LogP) is 3.11. The molecule has 1 fully saturated rings. The second-order valence-corrected chi connectivity index (χ2v) is 6.33. The number of halogens is 1. The summed E-state index contributed by atoms with van der Waals surface area (Å²) in [5.41, 5.74) is 2.66. The molecule has 1 aliphatic heterocycles. The number of hydrogen-bond acceptors (Lipinski definition) is 7. The molecule has 0 radical (unpaired) electrons. The number of benzene rings is 1. The van der Waals surface area contributed by atoms with Gasteiger partial charge < -0.3 is 13.9 Å². The molecule has 9 nitrogen and oxygen atoms in total. The third-order valence-electron chi connectivity index (χ3n) is 3.81. The summed E-state index contributed by atoms with van der Waals surface area (Å²) < 4.78 is 16.3. The fourth-order valence-corrected chi connectivity index (χ4v) is 2.73. The molecule has 0 spiro atoms. The molecule has 10 heteroatoms. The first kappa shape index (κ1) is 19.0. The van der Waals surface area contributed by atoms with E-state index in [-0.39, 0.29) is 23.0 Å². The summed E-state index contributed by atoms with van der Waals surface area (Å²) >= 11 is 5.80. The molecule has 0 atom stereocenters. The zero-order valence-corrected chi connectivity index (χ0v) is 15.1. The molecule has 142 valence electrons. The van der Waals surface area contributed by atoms with E-state index in [1.165, 1.54) is 18.3 Å². The van der Waals surface area contributed by atoms with E-state index >= 15 is 0 Å². The maximum atomic E-state index is 11.9. The number of ether oxygens (including phenoxy) is 2. The van der Waals surface area contributed by atoms with Crippen molar-refractivity contribution in [3.63, 3.8) is 0 Å². The van der Waals surface area contributed by atoms with Crippen molar-refractivity contribution in [2.75, 3.05) is 13.2 Å². The van der Waals surface area contributed by atoms with Gasteiger partial charge in [0.25, 0.3) is 5.69 Å². The van der Waals surface area contributed by atoms with E-state index in [1.807, 2.05) is 0 Å². The van der Waals surface area contributed by atoms with Gasteiger partial charge in [0.15, 0.2) is 5.79 Å². The van der Waals surface area contributed by atoms with Crippen LogP contribution in [0, 0.1) is 10.1 Å².